The molecule has 0 aromatic carbocycles. The average Bonchev–Trinajstić information content (AvgIpc) is 2.81. The Kier molecular flexibility index (Phi) is 4.32. The van der Waals surface area contributed by atoms with E-state index in [2.05, 4.69) is 20.2 Å². The van der Waals surface area contributed by atoms with E-state index in [1.165, 1.54) is 0 Å². The summed E-state index contributed by atoms with van der Waals surface area (Å²) in [6.07, 6.45) is 5.28. The number of hydrogen-bond donors (Lipinski definition) is 1. The fourth-order valence-electron chi connectivity index (χ4n) is 3.06. The van der Waals surface area contributed by atoms with Gasteiger partial charge in [-0.15, -0.1) is 0 Å². The highest BCUT2D eigenvalue weighted by molar-refractivity contribution is 5.97. The summed E-state index contributed by atoms with van der Waals surface area (Å²) in [6.45, 7) is 7.34. The Bertz CT molecular complexity index is 688. The maximum atomic E-state index is 12.5. The summed E-state index contributed by atoms with van der Waals surface area (Å²) in [6, 6.07) is 1.99. The van der Waals surface area contributed by atoms with Crippen LogP contribution in [0.3, 0.4) is 0 Å². The summed E-state index contributed by atoms with van der Waals surface area (Å²) in [5.41, 5.74) is 1.60. The third-order valence-corrected chi connectivity index (χ3v) is 4.45. The summed E-state index contributed by atoms with van der Waals surface area (Å²) in [5, 5.41) is 3.14. The number of rotatable bonds is 3. The minimum Gasteiger partial charge on any atom is -0.466 e. The van der Waals surface area contributed by atoms with Gasteiger partial charge in [0.1, 0.15) is 11.5 Å². The number of carbonyl (C=O) groups is 1. The first-order valence-electron chi connectivity index (χ1n) is 7.95. The van der Waals surface area contributed by atoms with Gasteiger partial charge in [-0.25, -0.2) is 9.97 Å². The molecule has 1 saturated heterocycles. The number of aromatic nitrogens is 2. The standard InChI is InChI=1S/C17H22N4O2/c1-11-12(2)23-13(3)15(11)16(22)20-14-5-9-21(10-6-14)17-18-7-4-8-19-17/h4,7-8,14H,5-6,9-10H2,1-3H3,(H,20,22). The highest BCUT2D eigenvalue weighted by Crippen LogP contribution is 2.22. The maximum Gasteiger partial charge on any atom is 0.255 e. The van der Waals surface area contributed by atoms with Crippen LogP contribution in [0.2, 0.25) is 0 Å². The minimum absolute atomic E-state index is 0.0359. The lowest BCUT2D eigenvalue weighted by Crippen LogP contribution is -2.45. The third kappa shape index (κ3) is 3.21. The Morgan fingerprint density at radius 3 is 2.39 bits per heavy atom. The quantitative estimate of drug-likeness (QED) is 0.942. The van der Waals surface area contributed by atoms with E-state index in [0.717, 1.165) is 43.2 Å². The number of nitrogens with one attached hydrogen (secondary N) is 1. The number of piperidine rings is 1. The molecule has 0 bridgehead atoms. The number of furan rings is 1. The van der Waals surface area contributed by atoms with Crippen LogP contribution in [-0.2, 0) is 0 Å². The Balaban J connectivity index is 1.59. The molecule has 6 heteroatoms. The molecule has 0 radical (unpaired) electrons. The molecule has 2 aromatic heterocycles. The molecule has 1 fully saturated rings. The average molecular weight is 314 g/mol. The number of carbonyl (C=O) groups excluding carboxylic acids is 1. The topological polar surface area (TPSA) is 71.3 Å². The lowest BCUT2D eigenvalue weighted by Gasteiger charge is -2.32. The third-order valence-electron chi connectivity index (χ3n) is 4.45. The molecule has 3 heterocycles. The Morgan fingerprint density at radius 1 is 1.17 bits per heavy atom. The fourth-order valence-corrected chi connectivity index (χ4v) is 3.06. The Hall–Kier alpha value is -2.37. The van der Waals surface area contributed by atoms with Gasteiger partial charge in [0.2, 0.25) is 5.95 Å². The van der Waals surface area contributed by atoms with Crippen molar-refractivity contribution in [1.29, 1.82) is 0 Å². The van der Waals surface area contributed by atoms with Crippen molar-refractivity contribution in [3.8, 4) is 0 Å². The van der Waals surface area contributed by atoms with Gasteiger partial charge in [0.15, 0.2) is 0 Å². The van der Waals surface area contributed by atoms with Crippen molar-refractivity contribution < 1.29 is 9.21 Å². The summed E-state index contributed by atoms with van der Waals surface area (Å²) in [4.78, 5) is 23.2. The molecule has 1 amide bonds. The fraction of sp³-hybridized carbons (Fsp3) is 0.471. The van der Waals surface area contributed by atoms with Gasteiger partial charge in [-0.1, -0.05) is 0 Å². The Labute approximate surface area is 135 Å². The van der Waals surface area contributed by atoms with Crippen LogP contribution in [0, 0.1) is 20.8 Å². The second-order valence-electron chi connectivity index (χ2n) is 6.00. The molecule has 0 spiro atoms. The first-order chi connectivity index (χ1) is 11.1. The zero-order chi connectivity index (χ0) is 16.4. The van der Waals surface area contributed by atoms with E-state index in [0.29, 0.717) is 11.3 Å². The molecule has 0 atom stereocenters. The van der Waals surface area contributed by atoms with Crippen molar-refractivity contribution in [2.75, 3.05) is 18.0 Å². The van der Waals surface area contributed by atoms with Crippen molar-refractivity contribution >= 4 is 11.9 Å². The molecular formula is C17H22N4O2. The van der Waals surface area contributed by atoms with E-state index in [1.54, 1.807) is 12.4 Å². The summed E-state index contributed by atoms with van der Waals surface area (Å²) in [5.74, 6) is 2.22. The van der Waals surface area contributed by atoms with Gasteiger partial charge < -0.3 is 14.6 Å². The van der Waals surface area contributed by atoms with Gasteiger partial charge in [-0.05, 0) is 39.7 Å². The summed E-state index contributed by atoms with van der Waals surface area (Å²) >= 11 is 0. The van der Waals surface area contributed by atoms with Crippen LogP contribution >= 0.6 is 0 Å². The molecule has 6 nitrogen and oxygen atoms in total. The minimum atomic E-state index is -0.0359. The number of hydrogen-bond acceptors (Lipinski definition) is 5. The molecule has 0 saturated carbocycles. The second-order valence-corrected chi connectivity index (χ2v) is 6.00. The van der Waals surface area contributed by atoms with E-state index in [9.17, 15) is 4.79 Å². The molecule has 1 N–H and O–H groups in total. The zero-order valence-corrected chi connectivity index (χ0v) is 13.8. The smallest absolute Gasteiger partial charge is 0.255 e. The molecule has 3 rings (SSSR count). The zero-order valence-electron chi connectivity index (χ0n) is 13.8. The lowest BCUT2D eigenvalue weighted by atomic mass is 10.0. The predicted molar refractivity (Wildman–Crippen MR) is 87.7 cm³/mol. The highest BCUT2D eigenvalue weighted by atomic mass is 16.3. The normalized spacial score (nSPS) is 15.7. The first-order valence-corrected chi connectivity index (χ1v) is 7.95. The van der Waals surface area contributed by atoms with Crippen molar-refractivity contribution in [2.45, 2.75) is 39.7 Å². The highest BCUT2D eigenvalue weighted by Gasteiger charge is 2.25. The van der Waals surface area contributed by atoms with Crippen molar-refractivity contribution in [3.05, 3.63) is 41.1 Å². The van der Waals surface area contributed by atoms with Gasteiger partial charge in [0.05, 0.1) is 5.56 Å². The Morgan fingerprint density at radius 2 is 1.83 bits per heavy atom. The molecule has 1 aliphatic heterocycles. The largest absolute Gasteiger partial charge is 0.466 e. The van der Waals surface area contributed by atoms with Crippen LogP contribution in [0.4, 0.5) is 5.95 Å². The van der Waals surface area contributed by atoms with Crippen LogP contribution in [0.15, 0.2) is 22.9 Å². The van der Waals surface area contributed by atoms with Gasteiger partial charge in [-0.2, -0.15) is 0 Å². The van der Waals surface area contributed by atoms with Gasteiger partial charge in [0.25, 0.3) is 5.91 Å². The SMILES string of the molecule is Cc1oc(C)c(C(=O)NC2CCN(c3ncccn3)CC2)c1C. The van der Waals surface area contributed by atoms with Crippen LogP contribution in [0.5, 0.6) is 0 Å². The predicted octanol–water partition coefficient (Wildman–Crippen LogP) is 2.39. The summed E-state index contributed by atoms with van der Waals surface area (Å²) in [7, 11) is 0. The van der Waals surface area contributed by atoms with Gasteiger partial charge in [-0.3, -0.25) is 4.79 Å². The summed E-state index contributed by atoms with van der Waals surface area (Å²) < 4.78 is 5.54. The van der Waals surface area contributed by atoms with Crippen molar-refractivity contribution in [1.82, 2.24) is 15.3 Å². The maximum absolute atomic E-state index is 12.5. The molecule has 122 valence electrons. The molecule has 2 aromatic rings. The number of nitrogens with zero attached hydrogens (tertiary/aromatic N) is 3. The first kappa shape index (κ1) is 15.5. The van der Waals surface area contributed by atoms with Crippen LogP contribution in [0.1, 0.15) is 40.3 Å². The van der Waals surface area contributed by atoms with Crippen LogP contribution in [-0.4, -0.2) is 35.0 Å². The van der Waals surface area contributed by atoms with Crippen molar-refractivity contribution in [3.63, 3.8) is 0 Å². The van der Waals surface area contributed by atoms with E-state index in [-0.39, 0.29) is 11.9 Å². The molecule has 0 aliphatic carbocycles. The molecule has 1 aliphatic rings. The lowest BCUT2D eigenvalue weighted by molar-refractivity contribution is 0.0929. The van der Waals surface area contributed by atoms with Gasteiger partial charge >= 0.3 is 0 Å². The second kappa shape index (κ2) is 6.40. The van der Waals surface area contributed by atoms with E-state index in [1.807, 2.05) is 26.8 Å². The molecule has 0 unspecified atom stereocenters. The molecule has 23 heavy (non-hydrogen) atoms. The van der Waals surface area contributed by atoms with E-state index < -0.39 is 0 Å². The monoisotopic (exact) mass is 314 g/mol. The number of amides is 1. The molecular weight excluding hydrogens is 292 g/mol. The van der Waals surface area contributed by atoms with E-state index in [4.69, 9.17) is 4.42 Å². The van der Waals surface area contributed by atoms with Crippen LogP contribution < -0.4 is 10.2 Å². The van der Waals surface area contributed by atoms with Crippen molar-refractivity contribution in [2.24, 2.45) is 0 Å². The van der Waals surface area contributed by atoms with E-state index >= 15 is 0 Å². The van der Waals surface area contributed by atoms with Crippen LogP contribution in [0.25, 0.3) is 0 Å². The van der Waals surface area contributed by atoms with Gasteiger partial charge in [0, 0.05) is 37.1 Å². The number of aryl methyl sites for hydroxylation is 2. The number of anilines is 1.